The summed E-state index contributed by atoms with van der Waals surface area (Å²) in [6.45, 7) is 0.873. The average molecular weight is 309 g/mol. The Balaban J connectivity index is 1.76. The molecule has 0 unspecified atom stereocenters. The van der Waals surface area contributed by atoms with Crippen molar-refractivity contribution in [3.63, 3.8) is 0 Å². The summed E-state index contributed by atoms with van der Waals surface area (Å²) in [6.07, 6.45) is 6.69. The van der Waals surface area contributed by atoms with E-state index in [9.17, 15) is 0 Å². The lowest BCUT2D eigenvalue weighted by Crippen LogP contribution is -2.18. The Morgan fingerprint density at radius 1 is 1.09 bits per heavy atom. The van der Waals surface area contributed by atoms with Crippen molar-refractivity contribution in [1.82, 2.24) is 9.97 Å². The molecule has 0 bridgehead atoms. The van der Waals surface area contributed by atoms with Crippen LogP contribution in [0.4, 0.5) is 5.82 Å². The van der Waals surface area contributed by atoms with Crippen LogP contribution in [0.3, 0.4) is 0 Å². The molecule has 0 fully saturated rings. The third kappa shape index (κ3) is 2.37. The van der Waals surface area contributed by atoms with Crippen molar-refractivity contribution in [2.45, 2.75) is 32.2 Å². The number of hydrogen-bond donors (Lipinski definition) is 0. The highest BCUT2D eigenvalue weighted by atomic mass is 32.1. The zero-order valence-corrected chi connectivity index (χ0v) is 13.6. The molecule has 1 aliphatic carbocycles. The number of hydrogen-bond acceptors (Lipinski definition) is 4. The Morgan fingerprint density at radius 3 is 2.77 bits per heavy atom. The predicted molar refractivity (Wildman–Crippen MR) is 92.6 cm³/mol. The Hall–Kier alpha value is -1.94. The van der Waals surface area contributed by atoms with Crippen LogP contribution in [-0.4, -0.2) is 17.0 Å². The van der Waals surface area contributed by atoms with Gasteiger partial charge in [0.25, 0.3) is 0 Å². The van der Waals surface area contributed by atoms with Crippen molar-refractivity contribution in [3.8, 4) is 0 Å². The summed E-state index contributed by atoms with van der Waals surface area (Å²) >= 11 is 1.86. The van der Waals surface area contributed by atoms with Crippen molar-refractivity contribution < 1.29 is 0 Å². The highest BCUT2D eigenvalue weighted by Gasteiger charge is 2.21. The number of thiophene rings is 1. The number of nitrogens with zero attached hydrogens (tertiary/aromatic N) is 3. The van der Waals surface area contributed by atoms with Crippen molar-refractivity contribution >= 4 is 27.4 Å². The van der Waals surface area contributed by atoms with Gasteiger partial charge in [0.05, 0.1) is 5.39 Å². The molecule has 2 aromatic heterocycles. The number of anilines is 1. The second-order valence-electron chi connectivity index (χ2n) is 5.93. The molecule has 0 spiro atoms. The first kappa shape index (κ1) is 13.7. The van der Waals surface area contributed by atoms with E-state index in [1.54, 1.807) is 6.33 Å². The normalized spacial score (nSPS) is 14.0. The van der Waals surface area contributed by atoms with Gasteiger partial charge in [-0.25, -0.2) is 9.97 Å². The molecule has 4 heteroatoms. The molecule has 0 atom stereocenters. The van der Waals surface area contributed by atoms with Gasteiger partial charge in [-0.15, -0.1) is 11.3 Å². The highest BCUT2D eigenvalue weighted by molar-refractivity contribution is 7.19. The van der Waals surface area contributed by atoms with Crippen LogP contribution in [0.2, 0.25) is 0 Å². The van der Waals surface area contributed by atoms with Crippen molar-refractivity contribution in [1.29, 1.82) is 0 Å². The first-order valence-electron chi connectivity index (χ1n) is 7.83. The molecule has 3 nitrogen and oxygen atoms in total. The smallest absolute Gasteiger partial charge is 0.141 e. The van der Waals surface area contributed by atoms with Gasteiger partial charge in [-0.2, -0.15) is 0 Å². The van der Waals surface area contributed by atoms with Crippen LogP contribution >= 0.6 is 11.3 Å². The summed E-state index contributed by atoms with van der Waals surface area (Å²) in [7, 11) is 2.13. The zero-order chi connectivity index (χ0) is 14.9. The number of rotatable bonds is 3. The second-order valence-corrected chi connectivity index (χ2v) is 7.01. The lowest BCUT2D eigenvalue weighted by Gasteiger charge is -2.20. The van der Waals surface area contributed by atoms with E-state index in [-0.39, 0.29) is 0 Å². The van der Waals surface area contributed by atoms with Crippen molar-refractivity contribution in [2.24, 2.45) is 0 Å². The molecule has 0 amide bonds. The minimum Gasteiger partial charge on any atom is -0.355 e. The van der Waals surface area contributed by atoms with Gasteiger partial charge in [0.2, 0.25) is 0 Å². The van der Waals surface area contributed by atoms with E-state index in [0.717, 1.165) is 17.2 Å². The Kier molecular flexibility index (Phi) is 3.54. The number of benzene rings is 1. The summed E-state index contributed by atoms with van der Waals surface area (Å²) in [5, 5.41) is 1.29. The summed E-state index contributed by atoms with van der Waals surface area (Å²) in [5.41, 5.74) is 2.81. The SMILES string of the molecule is CN(Cc1ccccc1)c1ncnc2sc3c(c12)CCCC3. The van der Waals surface area contributed by atoms with E-state index in [4.69, 9.17) is 0 Å². The monoisotopic (exact) mass is 309 g/mol. The first-order chi connectivity index (χ1) is 10.8. The fraction of sp³-hybridized carbons (Fsp3) is 0.333. The third-order valence-electron chi connectivity index (χ3n) is 4.36. The van der Waals surface area contributed by atoms with Crippen molar-refractivity contribution in [2.75, 3.05) is 11.9 Å². The van der Waals surface area contributed by atoms with Gasteiger partial charge in [-0.1, -0.05) is 30.3 Å². The molecule has 2 heterocycles. The van der Waals surface area contributed by atoms with E-state index in [2.05, 4.69) is 52.2 Å². The topological polar surface area (TPSA) is 29.0 Å². The third-order valence-corrected chi connectivity index (χ3v) is 5.56. The minimum absolute atomic E-state index is 0.873. The maximum absolute atomic E-state index is 4.60. The average Bonchev–Trinajstić information content (AvgIpc) is 2.94. The number of fused-ring (bicyclic) bond motifs is 3. The van der Waals surface area contributed by atoms with Crippen LogP contribution in [0.1, 0.15) is 28.8 Å². The van der Waals surface area contributed by atoms with Crippen molar-refractivity contribution in [3.05, 3.63) is 52.7 Å². The molecule has 4 rings (SSSR count). The summed E-state index contributed by atoms with van der Waals surface area (Å²) in [5.74, 6) is 1.08. The predicted octanol–water partition coefficient (Wildman–Crippen LogP) is 4.21. The van der Waals surface area contributed by atoms with E-state index in [1.165, 1.54) is 47.1 Å². The Labute approximate surface area is 134 Å². The second kappa shape index (κ2) is 5.69. The van der Waals surface area contributed by atoms with Crippen LogP contribution < -0.4 is 4.90 Å². The molecular formula is C18H19N3S. The highest BCUT2D eigenvalue weighted by Crippen LogP contribution is 2.39. The first-order valence-corrected chi connectivity index (χ1v) is 8.65. The molecule has 112 valence electrons. The maximum Gasteiger partial charge on any atom is 0.141 e. The number of aryl methyl sites for hydroxylation is 2. The molecule has 0 saturated heterocycles. The van der Waals surface area contributed by atoms with Crippen LogP contribution in [0, 0.1) is 0 Å². The molecular weight excluding hydrogens is 290 g/mol. The molecule has 0 aliphatic heterocycles. The fourth-order valence-corrected chi connectivity index (χ4v) is 4.52. The standard InChI is InChI=1S/C18H19N3S/c1-21(11-13-7-3-2-4-8-13)17-16-14-9-5-6-10-15(14)22-18(16)20-12-19-17/h2-4,7-8,12H,5-6,9-11H2,1H3. The van der Waals surface area contributed by atoms with Crippen LogP contribution in [0.25, 0.3) is 10.2 Å². The van der Waals surface area contributed by atoms with E-state index in [0.29, 0.717) is 0 Å². The van der Waals surface area contributed by atoms with Gasteiger partial charge < -0.3 is 4.90 Å². The lowest BCUT2D eigenvalue weighted by molar-refractivity contribution is 0.700. The summed E-state index contributed by atoms with van der Waals surface area (Å²) in [4.78, 5) is 14.0. The van der Waals surface area contributed by atoms with E-state index >= 15 is 0 Å². The summed E-state index contributed by atoms with van der Waals surface area (Å²) in [6, 6.07) is 10.6. The Morgan fingerprint density at radius 2 is 1.91 bits per heavy atom. The van der Waals surface area contributed by atoms with Gasteiger partial charge in [0.1, 0.15) is 17.0 Å². The number of aromatic nitrogens is 2. The molecule has 1 aromatic carbocycles. The van der Waals surface area contributed by atoms with Gasteiger partial charge >= 0.3 is 0 Å². The Bertz CT molecular complexity index is 795. The van der Waals surface area contributed by atoms with Crippen LogP contribution in [0.5, 0.6) is 0 Å². The zero-order valence-electron chi connectivity index (χ0n) is 12.7. The molecule has 0 N–H and O–H groups in total. The van der Waals surface area contributed by atoms with Gasteiger partial charge in [0.15, 0.2) is 0 Å². The minimum atomic E-state index is 0.873. The van der Waals surface area contributed by atoms with E-state index < -0.39 is 0 Å². The van der Waals surface area contributed by atoms with Gasteiger partial charge in [-0.05, 0) is 36.8 Å². The van der Waals surface area contributed by atoms with Gasteiger partial charge in [0, 0.05) is 18.5 Å². The largest absolute Gasteiger partial charge is 0.355 e. The van der Waals surface area contributed by atoms with Crippen LogP contribution in [0.15, 0.2) is 36.7 Å². The van der Waals surface area contributed by atoms with Gasteiger partial charge in [-0.3, -0.25) is 0 Å². The maximum atomic E-state index is 4.60. The lowest BCUT2D eigenvalue weighted by atomic mass is 9.97. The molecule has 22 heavy (non-hydrogen) atoms. The molecule has 1 aliphatic rings. The summed E-state index contributed by atoms with van der Waals surface area (Å²) < 4.78 is 0. The molecule has 0 saturated carbocycles. The molecule has 0 radical (unpaired) electrons. The molecule has 3 aromatic rings. The van der Waals surface area contributed by atoms with Crippen LogP contribution in [-0.2, 0) is 19.4 Å². The quantitative estimate of drug-likeness (QED) is 0.726. The fourth-order valence-electron chi connectivity index (χ4n) is 3.30. The van der Waals surface area contributed by atoms with E-state index in [1.807, 2.05) is 11.3 Å².